The Bertz CT molecular complexity index is 422. The van der Waals surface area contributed by atoms with Crippen LogP contribution in [0.25, 0.3) is 0 Å². The van der Waals surface area contributed by atoms with Gasteiger partial charge in [-0.2, -0.15) is 0 Å². The molecule has 1 aromatic carbocycles. The van der Waals surface area contributed by atoms with Crippen molar-refractivity contribution in [3.05, 3.63) is 29.8 Å². The second kappa shape index (κ2) is 4.10. The molecule has 0 bridgehead atoms. The van der Waals surface area contributed by atoms with Gasteiger partial charge in [-0.3, -0.25) is 4.72 Å². The molecule has 0 fully saturated rings. The summed E-state index contributed by atoms with van der Waals surface area (Å²) in [5.74, 6) is 0. The number of hydrogen-bond donors (Lipinski definition) is 2. The lowest BCUT2D eigenvalue weighted by molar-refractivity contribution is 0.322. The molecule has 76 valence electrons. The highest BCUT2D eigenvalue weighted by Gasteiger charge is 2.00. The smallest absolute Gasteiger partial charge is 0.229 e. The van der Waals surface area contributed by atoms with Gasteiger partial charge in [0, 0.05) is 5.69 Å². The summed E-state index contributed by atoms with van der Waals surface area (Å²) < 4.78 is 24.0. The van der Waals surface area contributed by atoms with Gasteiger partial charge < -0.3 is 5.21 Å². The summed E-state index contributed by atoms with van der Waals surface area (Å²) in [7, 11) is -3.24. The number of oxime groups is 1. The summed E-state index contributed by atoms with van der Waals surface area (Å²) in [5.41, 5.74) is 1.16. The van der Waals surface area contributed by atoms with Gasteiger partial charge in [0.05, 0.1) is 12.5 Å². The first-order chi connectivity index (χ1) is 6.51. The van der Waals surface area contributed by atoms with Crippen molar-refractivity contribution in [2.24, 2.45) is 5.16 Å². The Labute approximate surface area is 82.1 Å². The molecule has 0 radical (unpaired) electrons. The van der Waals surface area contributed by atoms with Crippen LogP contribution in [0, 0.1) is 0 Å². The van der Waals surface area contributed by atoms with Crippen molar-refractivity contribution in [3.8, 4) is 0 Å². The van der Waals surface area contributed by atoms with Gasteiger partial charge >= 0.3 is 0 Å². The normalized spacial score (nSPS) is 11.8. The lowest BCUT2D eigenvalue weighted by atomic mass is 10.2. The molecule has 0 aromatic heterocycles. The summed E-state index contributed by atoms with van der Waals surface area (Å²) >= 11 is 0. The zero-order chi connectivity index (χ0) is 10.6. The first-order valence-electron chi connectivity index (χ1n) is 3.76. The van der Waals surface area contributed by atoms with E-state index in [1.807, 2.05) is 0 Å². The summed E-state index contributed by atoms with van der Waals surface area (Å²) in [5, 5.41) is 11.1. The minimum absolute atomic E-state index is 0.475. The summed E-state index contributed by atoms with van der Waals surface area (Å²) in [6.45, 7) is 0. The Morgan fingerprint density at radius 2 is 1.93 bits per heavy atom. The van der Waals surface area contributed by atoms with E-state index in [0.717, 1.165) is 6.26 Å². The average Bonchev–Trinajstić information content (AvgIpc) is 2.06. The predicted molar refractivity (Wildman–Crippen MR) is 54.3 cm³/mol. The van der Waals surface area contributed by atoms with Crippen molar-refractivity contribution >= 4 is 21.9 Å². The first-order valence-corrected chi connectivity index (χ1v) is 5.66. The number of rotatable bonds is 3. The summed E-state index contributed by atoms with van der Waals surface area (Å²) in [6.07, 6.45) is 2.33. The van der Waals surface area contributed by atoms with E-state index in [2.05, 4.69) is 9.88 Å². The third-order valence-electron chi connectivity index (χ3n) is 1.42. The Hall–Kier alpha value is -1.56. The fraction of sp³-hybridized carbons (Fsp3) is 0.125. The molecule has 14 heavy (non-hydrogen) atoms. The number of nitrogens with zero attached hydrogens (tertiary/aromatic N) is 1. The lowest BCUT2D eigenvalue weighted by Crippen LogP contribution is -2.09. The van der Waals surface area contributed by atoms with Crippen LogP contribution in [0.2, 0.25) is 0 Å². The van der Waals surface area contributed by atoms with E-state index in [1.165, 1.54) is 6.21 Å². The van der Waals surface area contributed by atoms with Crippen molar-refractivity contribution in [3.63, 3.8) is 0 Å². The molecule has 0 saturated heterocycles. The molecule has 0 atom stereocenters. The highest BCUT2D eigenvalue weighted by molar-refractivity contribution is 7.92. The van der Waals surface area contributed by atoms with Gasteiger partial charge in [0.1, 0.15) is 0 Å². The molecule has 0 aliphatic rings. The molecule has 0 unspecified atom stereocenters. The molecular weight excluding hydrogens is 204 g/mol. The number of anilines is 1. The third kappa shape index (κ3) is 3.44. The number of sulfonamides is 1. The van der Waals surface area contributed by atoms with Gasteiger partial charge in [0.2, 0.25) is 10.0 Å². The first kappa shape index (κ1) is 10.5. The molecule has 0 aliphatic carbocycles. The largest absolute Gasteiger partial charge is 0.411 e. The second-order valence-corrected chi connectivity index (χ2v) is 4.49. The van der Waals surface area contributed by atoms with E-state index in [9.17, 15) is 8.42 Å². The molecule has 0 saturated carbocycles. The van der Waals surface area contributed by atoms with E-state index in [0.29, 0.717) is 11.3 Å². The standard InChI is InChI=1S/C8H10N2O3S/c1-14(12,13)10-8-4-2-7(3-5-8)6-9-11/h2-6,10-11H,1H3/b9-6+. The van der Waals surface area contributed by atoms with E-state index in [-0.39, 0.29) is 0 Å². The fourth-order valence-electron chi connectivity index (χ4n) is 0.918. The van der Waals surface area contributed by atoms with Crippen molar-refractivity contribution < 1.29 is 13.6 Å². The molecule has 6 heteroatoms. The Morgan fingerprint density at radius 3 is 2.36 bits per heavy atom. The number of hydrogen-bond acceptors (Lipinski definition) is 4. The van der Waals surface area contributed by atoms with Crippen molar-refractivity contribution in [2.45, 2.75) is 0 Å². The monoisotopic (exact) mass is 214 g/mol. The van der Waals surface area contributed by atoms with Crippen molar-refractivity contribution in [1.82, 2.24) is 0 Å². The summed E-state index contributed by atoms with van der Waals surface area (Å²) in [4.78, 5) is 0. The van der Waals surface area contributed by atoms with Crippen LogP contribution in [0.1, 0.15) is 5.56 Å². The second-order valence-electron chi connectivity index (χ2n) is 2.74. The minimum Gasteiger partial charge on any atom is -0.411 e. The zero-order valence-corrected chi connectivity index (χ0v) is 8.32. The maximum absolute atomic E-state index is 10.8. The van der Waals surface area contributed by atoms with Crippen LogP contribution >= 0.6 is 0 Å². The van der Waals surface area contributed by atoms with E-state index < -0.39 is 10.0 Å². The van der Waals surface area contributed by atoms with Crippen molar-refractivity contribution in [1.29, 1.82) is 0 Å². The minimum atomic E-state index is -3.24. The molecule has 0 aliphatic heterocycles. The van der Waals surface area contributed by atoms with E-state index >= 15 is 0 Å². The maximum atomic E-state index is 10.8. The topological polar surface area (TPSA) is 78.8 Å². The van der Waals surface area contributed by atoms with Crippen LogP contribution in [0.15, 0.2) is 29.4 Å². The molecular formula is C8H10N2O3S. The number of nitrogens with one attached hydrogen (secondary N) is 1. The highest BCUT2D eigenvalue weighted by Crippen LogP contribution is 2.09. The Morgan fingerprint density at radius 1 is 1.36 bits per heavy atom. The molecule has 5 nitrogen and oxygen atoms in total. The van der Waals surface area contributed by atoms with E-state index in [4.69, 9.17) is 5.21 Å². The van der Waals surface area contributed by atoms with Crippen LogP contribution in [-0.2, 0) is 10.0 Å². The SMILES string of the molecule is CS(=O)(=O)Nc1ccc(/C=N/O)cc1. The van der Waals surface area contributed by atoms with Crippen LogP contribution in [0.4, 0.5) is 5.69 Å². The van der Waals surface area contributed by atoms with Gasteiger partial charge in [-0.05, 0) is 17.7 Å². The molecule has 2 N–H and O–H groups in total. The van der Waals surface area contributed by atoms with Gasteiger partial charge in [-0.15, -0.1) is 0 Å². The van der Waals surface area contributed by atoms with Crippen molar-refractivity contribution in [2.75, 3.05) is 11.0 Å². The van der Waals surface area contributed by atoms with E-state index in [1.54, 1.807) is 24.3 Å². The van der Waals surface area contributed by atoms with Gasteiger partial charge in [0.25, 0.3) is 0 Å². The predicted octanol–water partition coefficient (Wildman–Crippen LogP) is 0.866. The van der Waals surface area contributed by atoms with Gasteiger partial charge in [0.15, 0.2) is 0 Å². The average molecular weight is 214 g/mol. The maximum Gasteiger partial charge on any atom is 0.229 e. The number of benzene rings is 1. The lowest BCUT2D eigenvalue weighted by Gasteiger charge is -2.02. The van der Waals surface area contributed by atoms with Gasteiger partial charge in [-0.25, -0.2) is 8.42 Å². The fourth-order valence-corrected chi connectivity index (χ4v) is 1.48. The highest BCUT2D eigenvalue weighted by atomic mass is 32.2. The van der Waals surface area contributed by atoms with Crippen LogP contribution < -0.4 is 4.72 Å². The molecule has 0 heterocycles. The van der Waals surface area contributed by atoms with Crippen LogP contribution in [0.5, 0.6) is 0 Å². The van der Waals surface area contributed by atoms with Crippen LogP contribution in [-0.4, -0.2) is 26.1 Å². The molecule has 0 spiro atoms. The Kier molecular flexibility index (Phi) is 3.08. The summed E-state index contributed by atoms with van der Waals surface area (Å²) in [6, 6.07) is 6.43. The Balaban J connectivity index is 2.84. The quantitative estimate of drug-likeness (QED) is 0.445. The molecule has 0 amide bonds. The third-order valence-corrected chi connectivity index (χ3v) is 2.03. The molecule has 1 rings (SSSR count). The zero-order valence-electron chi connectivity index (χ0n) is 7.51. The molecule has 1 aromatic rings. The van der Waals surface area contributed by atoms with Gasteiger partial charge in [-0.1, -0.05) is 17.3 Å². The van der Waals surface area contributed by atoms with Crippen LogP contribution in [0.3, 0.4) is 0 Å².